The minimum Gasteiger partial charge on any atom is -0.490 e. The molecule has 0 atom stereocenters. The van der Waals surface area contributed by atoms with Crippen molar-refractivity contribution in [3.63, 3.8) is 0 Å². The first-order chi connectivity index (χ1) is 8.38. The van der Waals surface area contributed by atoms with Crippen molar-refractivity contribution >= 4 is 5.82 Å². The van der Waals surface area contributed by atoms with E-state index < -0.39 is 0 Å². The summed E-state index contributed by atoms with van der Waals surface area (Å²) >= 11 is 0. The van der Waals surface area contributed by atoms with E-state index in [0.717, 1.165) is 24.5 Å². The topological polar surface area (TPSA) is 63.6 Å². The maximum absolute atomic E-state index is 8.53. The predicted octanol–water partition coefficient (Wildman–Crippen LogP) is 1.29. The number of aliphatic hydroxyl groups excluding tert-OH is 1. The van der Waals surface area contributed by atoms with E-state index in [9.17, 15) is 0 Å². The number of nitrogens with zero attached hydrogens (tertiary/aromatic N) is 1. The lowest BCUT2D eigenvalue weighted by Gasteiger charge is -2.10. The van der Waals surface area contributed by atoms with Crippen molar-refractivity contribution < 1.29 is 14.6 Å². The van der Waals surface area contributed by atoms with Gasteiger partial charge in [0.15, 0.2) is 11.6 Å². The van der Waals surface area contributed by atoms with Gasteiger partial charge in [-0.1, -0.05) is 0 Å². The van der Waals surface area contributed by atoms with E-state index in [0.29, 0.717) is 19.8 Å². The number of ether oxygens (including phenoxy) is 2. The Bertz CT molecular complexity index is 308. The average Bonchev–Trinajstić information content (AvgIpc) is 2.36. The molecule has 96 valence electrons. The van der Waals surface area contributed by atoms with E-state index in [2.05, 4.69) is 10.3 Å². The van der Waals surface area contributed by atoms with Gasteiger partial charge in [0.05, 0.1) is 19.8 Å². The zero-order valence-electron chi connectivity index (χ0n) is 10.2. The third-order valence-electron chi connectivity index (χ3n) is 2.06. The first-order valence-electron chi connectivity index (χ1n) is 5.88. The normalized spacial score (nSPS) is 10.2. The molecule has 1 aromatic heterocycles. The maximum atomic E-state index is 8.53. The highest BCUT2D eigenvalue weighted by atomic mass is 16.5. The average molecular weight is 240 g/mol. The van der Waals surface area contributed by atoms with Crippen molar-refractivity contribution in [2.45, 2.75) is 13.3 Å². The number of hydrogen-bond acceptors (Lipinski definition) is 5. The van der Waals surface area contributed by atoms with Crippen LogP contribution in [0.4, 0.5) is 5.82 Å². The zero-order valence-corrected chi connectivity index (χ0v) is 10.2. The Morgan fingerprint density at radius 1 is 1.41 bits per heavy atom. The second-order valence-electron chi connectivity index (χ2n) is 3.40. The molecule has 1 aromatic rings. The molecule has 0 radical (unpaired) electrons. The number of hydrogen-bond donors (Lipinski definition) is 2. The molecule has 2 N–H and O–H groups in total. The molecule has 5 heteroatoms. The number of aliphatic hydroxyl groups is 1. The van der Waals surface area contributed by atoms with E-state index in [-0.39, 0.29) is 6.61 Å². The molecular formula is C12H20N2O3. The van der Waals surface area contributed by atoms with Crippen molar-refractivity contribution in [1.82, 2.24) is 4.98 Å². The summed E-state index contributed by atoms with van der Waals surface area (Å²) in [6, 6.07) is 3.74. The van der Waals surface area contributed by atoms with Gasteiger partial charge in [-0.3, -0.25) is 0 Å². The Kier molecular flexibility index (Phi) is 7.09. The van der Waals surface area contributed by atoms with Gasteiger partial charge in [-0.25, -0.2) is 4.98 Å². The zero-order chi connectivity index (χ0) is 12.3. The molecule has 0 fully saturated rings. The van der Waals surface area contributed by atoms with Crippen LogP contribution >= 0.6 is 0 Å². The summed E-state index contributed by atoms with van der Waals surface area (Å²) in [7, 11) is 0. The fourth-order valence-electron chi connectivity index (χ4n) is 1.34. The standard InChI is InChI=1S/C12H20N2O3/c1-2-17-11-5-3-6-13-12(11)14-7-4-9-16-10-8-15/h3,5-6,15H,2,4,7-10H2,1H3,(H,13,14). The highest BCUT2D eigenvalue weighted by Gasteiger charge is 2.02. The third-order valence-corrected chi connectivity index (χ3v) is 2.06. The SMILES string of the molecule is CCOc1cccnc1NCCCOCCO. The van der Waals surface area contributed by atoms with Crippen LogP contribution in [0.15, 0.2) is 18.3 Å². The van der Waals surface area contributed by atoms with E-state index >= 15 is 0 Å². The minimum absolute atomic E-state index is 0.0716. The summed E-state index contributed by atoms with van der Waals surface area (Å²) in [6.45, 7) is 4.43. The summed E-state index contributed by atoms with van der Waals surface area (Å²) < 4.78 is 10.6. The fourth-order valence-corrected chi connectivity index (χ4v) is 1.34. The van der Waals surface area contributed by atoms with Crippen LogP contribution in [-0.2, 0) is 4.74 Å². The van der Waals surface area contributed by atoms with Crippen molar-refractivity contribution in [2.24, 2.45) is 0 Å². The summed E-state index contributed by atoms with van der Waals surface area (Å²) in [5.41, 5.74) is 0. The third kappa shape index (κ3) is 5.51. The van der Waals surface area contributed by atoms with E-state index in [1.54, 1.807) is 6.20 Å². The molecule has 0 unspecified atom stereocenters. The smallest absolute Gasteiger partial charge is 0.168 e. The lowest BCUT2D eigenvalue weighted by atomic mass is 10.4. The van der Waals surface area contributed by atoms with Crippen LogP contribution in [0.5, 0.6) is 5.75 Å². The molecule has 1 heterocycles. The molecule has 0 aliphatic heterocycles. The van der Waals surface area contributed by atoms with E-state index in [4.69, 9.17) is 14.6 Å². The van der Waals surface area contributed by atoms with Crippen molar-refractivity contribution in [3.05, 3.63) is 18.3 Å². The highest BCUT2D eigenvalue weighted by molar-refractivity contribution is 5.49. The number of aromatic nitrogens is 1. The predicted molar refractivity (Wildman–Crippen MR) is 66.4 cm³/mol. The van der Waals surface area contributed by atoms with Crippen LogP contribution in [0, 0.1) is 0 Å². The van der Waals surface area contributed by atoms with Crippen molar-refractivity contribution in [1.29, 1.82) is 0 Å². The molecule has 0 saturated heterocycles. The van der Waals surface area contributed by atoms with Crippen LogP contribution in [0.2, 0.25) is 0 Å². The second kappa shape index (κ2) is 8.78. The monoisotopic (exact) mass is 240 g/mol. The molecule has 17 heavy (non-hydrogen) atoms. The van der Waals surface area contributed by atoms with Crippen LogP contribution in [0.1, 0.15) is 13.3 Å². The summed E-state index contributed by atoms with van der Waals surface area (Å²) in [4.78, 5) is 4.21. The molecule has 1 rings (SSSR count). The number of pyridine rings is 1. The second-order valence-corrected chi connectivity index (χ2v) is 3.40. The van der Waals surface area contributed by atoms with Gasteiger partial charge >= 0.3 is 0 Å². The van der Waals surface area contributed by atoms with Crippen LogP contribution in [-0.4, -0.2) is 43.1 Å². The molecular weight excluding hydrogens is 220 g/mol. The van der Waals surface area contributed by atoms with Gasteiger partial charge in [-0.05, 0) is 25.5 Å². The lowest BCUT2D eigenvalue weighted by molar-refractivity contribution is 0.0921. The van der Waals surface area contributed by atoms with Crippen molar-refractivity contribution in [3.8, 4) is 5.75 Å². The Morgan fingerprint density at radius 3 is 3.06 bits per heavy atom. The number of anilines is 1. The van der Waals surface area contributed by atoms with E-state index in [1.807, 2.05) is 19.1 Å². The summed E-state index contributed by atoms with van der Waals surface area (Å²) in [5, 5.41) is 11.7. The van der Waals surface area contributed by atoms with Crippen molar-refractivity contribution in [2.75, 3.05) is 38.3 Å². The quantitative estimate of drug-likeness (QED) is 0.637. The maximum Gasteiger partial charge on any atom is 0.168 e. The van der Waals surface area contributed by atoms with Crippen LogP contribution in [0.25, 0.3) is 0 Å². The molecule has 5 nitrogen and oxygen atoms in total. The van der Waals surface area contributed by atoms with Gasteiger partial charge in [-0.2, -0.15) is 0 Å². The first kappa shape index (κ1) is 13.7. The Labute approximate surface area is 102 Å². The van der Waals surface area contributed by atoms with Gasteiger partial charge in [0.25, 0.3) is 0 Å². The molecule has 0 aromatic carbocycles. The van der Waals surface area contributed by atoms with E-state index in [1.165, 1.54) is 0 Å². The summed E-state index contributed by atoms with van der Waals surface area (Å²) in [5.74, 6) is 1.53. The number of nitrogens with one attached hydrogen (secondary N) is 1. The number of rotatable bonds is 9. The molecule has 0 aliphatic carbocycles. The van der Waals surface area contributed by atoms with Gasteiger partial charge < -0.3 is 19.9 Å². The lowest BCUT2D eigenvalue weighted by Crippen LogP contribution is -2.09. The van der Waals surface area contributed by atoms with Gasteiger partial charge in [0.1, 0.15) is 0 Å². The molecule has 0 bridgehead atoms. The summed E-state index contributed by atoms with van der Waals surface area (Å²) in [6.07, 6.45) is 2.59. The Balaban J connectivity index is 2.25. The van der Waals surface area contributed by atoms with Gasteiger partial charge in [0.2, 0.25) is 0 Å². The molecule has 0 aliphatic rings. The van der Waals surface area contributed by atoms with Gasteiger partial charge in [0, 0.05) is 19.3 Å². The first-order valence-corrected chi connectivity index (χ1v) is 5.88. The minimum atomic E-state index is 0.0716. The van der Waals surface area contributed by atoms with Gasteiger partial charge in [-0.15, -0.1) is 0 Å². The molecule has 0 saturated carbocycles. The largest absolute Gasteiger partial charge is 0.490 e. The Morgan fingerprint density at radius 2 is 2.29 bits per heavy atom. The Hall–Kier alpha value is -1.33. The van der Waals surface area contributed by atoms with Crippen LogP contribution in [0.3, 0.4) is 0 Å². The van der Waals surface area contributed by atoms with Crippen LogP contribution < -0.4 is 10.1 Å². The molecule has 0 amide bonds. The highest BCUT2D eigenvalue weighted by Crippen LogP contribution is 2.20. The fraction of sp³-hybridized carbons (Fsp3) is 0.583. The molecule has 0 spiro atoms.